The molecule has 1 aliphatic rings. The van der Waals surface area contributed by atoms with Gasteiger partial charge in [0.2, 0.25) is 0 Å². The summed E-state index contributed by atoms with van der Waals surface area (Å²) in [6.07, 6.45) is 0. The Bertz CT molecular complexity index is 387. The summed E-state index contributed by atoms with van der Waals surface area (Å²) in [6, 6.07) is 6.60. The van der Waals surface area contributed by atoms with Crippen molar-refractivity contribution in [2.75, 3.05) is 37.8 Å². The van der Waals surface area contributed by atoms with Crippen LogP contribution in [-0.2, 0) is 4.74 Å². The van der Waals surface area contributed by atoms with Crippen LogP contribution in [0.4, 0.5) is 5.69 Å². The monoisotopic (exact) mass is 249 g/mol. The molecule has 3 nitrogen and oxygen atoms in total. The largest absolute Gasteiger partial charge is 0.396 e. The second kappa shape index (κ2) is 5.29. The molecule has 18 heavy (non-hydrogen) atoms. The minimum absolute atomic E-state index is 0.0618. The highest BCUT2D eigenvalue weighted by molar-refractivity contribution is 5.51. The number of hydrogen-bond acceptors (Lipinski definition) is 3. The van der Waals surface area contributed by atoms with Crippen LogP contribution in [0.15, 0.2) is 18.2 Å². The van der Waals surface area contributed by atoms with E-state index in [0.29, 0.717) is 13.2 Å². The van der Waals surface area contributed by atoms with Crippen molar-refractivity contribution in [3.63, 3.8) is 0 Å². The van der Waals surface area contributed by atoms with Gasteiger partial charge in [-0.2, -0.15) is 0 Å². The van der Waals surface area contributed by atoms with E-state index in [0.717, 1.165) is 13.1 Å². The van der Waals surface area contributed by atoms with Gasteiger partial charge in [0.25, 0.3) is 0 Å². The van der Waals surface area contributed by atoms with Crippen molar-refractivity contribution in [2.45, 2.75) is 20.8 Å². The molecule has 0 bridgehead atoms. The molecule has 0 atom stereocenters. The lowest BCUT2D eigenvalue weighted by atomic mass is 9.86. The lowest BCUT2D eigenvalue weighted by Gasteiger charge is -2.43. The van der Waals surface area contributed by atoms with Gasteiger partial charge in [-0.1, -0.05) is 6.07 Å². The van der Waals surface area contributed by atoms with Crippen molar-refractivity contribution < 1.29 is 9.84 Å². The summed E-state index contributed by atoms with van der Waals surface area (Å²) in [4.78, 5) is 2.33. The lowest BCUT2D eigenvalue weighted by molar-refractivity contribution is -0.130. The van der Waals surface area contributed by atoms with Crippen molar-refractivity contribution in [1.82, 2.24) is 0 Å². The molecule has 1 fully saturated rings. The Morgan fingerprint density at radius 3 is 2.22 bits per heavy atom. The zero-order valence-electron chi connectivity index (χ0n) is 11.6. The van der Waals surface area contributed by atoms with E-state index in [1.807, 2.05) is 0 Å². The molecule has 0 aromatic heterocycles. The van der Waals surface area contributed by atoms with Gasteiger partial charge in [-0.15, -0.1) is 0 Å². The van der Waals surface area contributed by atoms with Gasteiger partial charge in [0.1, 0.15) is 0 Å². The highest BCUT2D eigenvalue weighted by Crippen LogP contribution is 2.30. The molecule has 1 aromatic carbocycles. The SMILES string of the molecule is CCN(CC1(CO)COC1)c1cc(C)cc(C)c1. The standard InChI is InChI=1S/C15H23NO2/c1-4-16(8-15(9-17)10-18-11-15)14-6-12(2)5-13(3)7-14/h5-7,17H,4,8-11H2,1-3H3. The number of aliphatic hydroxyl groups is 1. The normalized spacial score (nSPS) is 17.3. The summed E-state index contributed by atoms with van der Waals surface area (Å²) in [5.74, 6) is 0. The maximum atomic E-state index is 9.53. The van der Waals surface area contributed by atoms with Crippen LogP contribution in [0.2, 0.25) is 0 Å². The molecule has 0 amide bonds. The highest BCUT2D eigenvalue weighted by atomic mass is 16.5. The van der Waals surface area contributed by atoms with Crippen molar-refractivity contribution in [3.8, 4) is 0 Å². The van der Waals surface area contributed by atoms with Gasteiger partial charge in [0.15, 0.2) is 0 Å². The fourth-order valence-corrected chi connectivity index (χ4v) is 2.55. The topological polar surface area (TPSA) is 32.7 Å². The molecule has 1 aliphatic heterocycles. The van der Waals surface area contributed by atoms with Crippen LogP contribution in [0.1, 0.15) is 18.1 Å². The molecule has 2 rings (SSSR count). The number of benzene rings is 1. The average Bonchev–Trinajstić information content (AvgIpc) is 2.27. The number of aliphatic hydroxyl groups excluding tert-OH is 1. The maximum Gasteiger partial charge on any atom is 0.0584 e. The third-order valence-corrected chi connectivity index (χ3v) is 3.63. The van der Waals surface area contributed by atoms with Gasteiger partial charge in [-0.3, -0.25) is 0 Å². The van der Waals surface area contributed by atoms with Gasteiger partial charge in [-0.05, 0) is 44.0 Å². The number of hydrogen-bond donors (Lipinski definition) is 1. The number of ether oxygens (including phenoxy) is 1. The van der Waals surface area contributed by atoms with Crippen LogP contribution < -0.4 is 4.90 Å². The van der Waals surface area contributed by atoms with Crippen LogP contribution in [-0.4, -0.2) is 38.0 Å². The van der Waals surface area contributed by atoms with Gasteiger partial charge in [-0.25, -0.2) is 0 Å². The molecule has 0 aliphatic carbocycles. The molecule has 1 aromatic rings. The third-order valence-electron chi connectivity index (χ3n) is 3.63. The first-order chi connectivity index (χ1) is 8.58. The number of anilines is 1. The Balaban J connectivity index is 2.17. The predicted molar refractivity (Wildman–Crippen MR) is 74.1 cm³/mol. The highest BCUT2D eigenvalue weighted by Gasteiger charge is 2.39. The molecule has 3 heteroatoms. The summed E-state index contributed by atoms with van der Waals surface area (Å²) < 4.78 is 5.27. The fraction of sp³-hybridized carbons (Fsp3) is 0.600. The summed E-state index contributed by atoms with van der Waals surface area (Å²) in [5.41, 5.74) is 3.75. The first kappa shape index (κ1) is 13.4. The minimum Gasteiger partial charge on any atom is -0.396 e. The Kier molecular flexibility index (Phi) is 3.93. The van der Waals surface area contributed by atoms with E-state index >= 15 is 0 Å². The van der Waals surface area contributed by atoms with Crippen molar-refractivity contribution in [1.29, 1.82) is 0 Å². The van der Waals surface area contributed by atoms with E-state index in [9.17, 15) is 5.11 Å². The quantitative estimate of drug-likeness (QED) is 0.868. The molecular weight excluding hydrogens is 226 g/mol. The second-order valence-electron chi connectivity index (χ2n) is 5.51. The van der Waals surface area contributed by atoms with Gasteiger partial charge >= 0.3 is 0 Å². The maximum absolute atomic E-state index is 9.53. The van der Waals surface area contributed by atoms with Crippen molar-refractivity contribution in [2.24, 2.45) is 5.41 Å². The molecule has 1 saturated heterocycles. The Morgan fingerprint density at radius 2 is 1.83 bits per heavy atom. The zero-order valence-corrected chi connectivity index (χ0v) is 11.6. The van der Waals surface area contributed by atoms with E-state index in [-0.39, 0.29) is 12.0 Å². The molecule has 0 saturated carbocycles. The van der Waals surface area contributed by atoms with E-state index in [1.165, 1.54) is 16.8 Å². The first-order valence-electron chi connectivity index (χ1n) is 6.60. The number of aryl methyl sites for hydroxylation is 2. The van der Waals surface area contributed by atoms with Crippen LogP contribution in [0.3, 0.4) is 0 Å². The van der Waals surface area contributed by atoms with E-state index in [1.54, 1.807) is 0 Å². The molecule has 1 heterocycles. The van der Waals surface area contributed by atoms with Gasteiger partial charge in [0.05, 0.1) is 25.2 Å². The number of rotatable bonds is 5. The van der Waals surface area contributed by atoms with Crippen molar-refractivity contribution in [3.05, 3.63) is 29.3 Å². The molecule has 100 valence electrons. The summed E-state index contributed by atoms with van der Waals surface area (Å²) in [7, 11) is 0. The van der Waals surface area contributed by atoms with E-state index in [4.69, 9.17) is 4.74 Å². The summed E-state index contributed by atoms with van der Waals surface area (Å²) in [5, 5.41) is 9.53. The fourth-order valence-electron chi connectivity index (χ4n) is 2.55. The van der Waals surface area contributed by atoms with Crippen LogP contribution in [0.5, 0.6) is 0 Å². The Hall–Kier alpha value is -1.06. The predicted octanol–water partition coefficient (Wildman–Crippen LogP) is 2.14. The number of nitrogens with zero attached hydrogens (tertiary/aromatic N) is 1. The van der Waals surface area contributed by atoms with E-state index < -0.39 is 0 Å². The van der Waals surface area contributed by atoms with E-state index in [2.05, 4.69) is 43.9 Å². The van der Waals surface area contributed by atoms with Crippen LogP contribution >= 0.6 is 0 Å². The smallest absolute Gasteiger partial charge is 0.0584 e. The third kappa shape index (κ3) is 2.68. The van der Waals surface area contributed by atoms with Gasteiger partial charge < -0.3 is 14.7 Å². The molecule has 0 radical (unpaired) electrons. The molecular formula is C15H23NO2. The minimum atomic E-state index is -0.0618. The zero-order chi connectivity index (χ0) is 13.2. The Labute approximate surface area is 109 Å². The summed E-state index contributed by atoms with van der Waals surface area (Å²) >= 11 is 0. The van der Waals surface area contributed by atoms with Crippen LogP contribution in [0, 0.1) is 19.3 Å². The average molecular weight is 249 g/mol. The second-order valence-corrected chi connectivity index (χ2v) is 5.51. The molecule has 0 unspecified atom stereocenters. The lowest BCUT2D eigenvalue weighted by Crippen LogP contribution is -2.53. The summed E-state index contributed by atoms with van der Waals surface area (Å²) in [6.45, 7) is 9.76. The van der Waals surface area contributed by atoms with Gasteiger partial charge in [0, 0.05) is 18.8 Å². The van der Waals surface area contributed by atoms with Crippen LogP contribution in [0.25, 0.3) is 0 Å². The van der Waals surface area contributed by atoms with Crippen molar-refractivity contribution >= 4 is 5.69 Å². The molecule has 0 spiro atoms. The first-order valence-corrected chi connectivity index (χ1v) is 6.60. The Morgan fingerprint density at radius 1 is 1.22 bits per heavy atom. The molecule has 1 N–H and O–H groups in total.